The molecule has 158 valence electrons. The van der Waals surface area contributed by atoms with Crippen molar-refractivity contribution in [3.05, 3.63) is 55.1 Å². The molecule has 0 aliphatic carbocycles. The van der Waals surface area contributed by atoms with Gasteiger partial charge in [0.05, 0.1) is 26.4 Å². The van der Waals surface area contributed by atoms with Gasteiger partial charge in [-0.25, -0.2) is 9.69 Å². The second-order valence-corrected chi connectivity index (χ2v) is 8.06. The molecule has 10 heteroatoms. The number of methoxy groups -OCH3 is 1. The Balaban J connectivity index is 2.03. The van der Waals surface area contributed by atoms with Gasteiger partial charge in [-0.3, -0.25) is 14.9 Å². The van der Waals surface area contributed by atoms with Crippen LogP contribution in [0.5, 0.6) is 11.5 Å². The smallest absolute Gasteiger partial charge is 0.335 e. The van der Waals surface area contributed by atoms with E-state index >= 15 is 0 Å². The summed E-state index contributed by atoms with van der Waals surface area (Å²) in [4.78, 5) is 38.5. The highest BCUT2D eigenvalue weighted by Gasteiger charge is 2.37. The van der Waals surface area contributed by atoms with Crippen molar-refractivity contribution in [1.82, 2.24) is 5.32 Å². The van der Waals surface area contributed by atoms with Gasteiger partial charge < -0.3 is 9.47 Å². The number of amides is 4. The van der Waals surface area contributed by atoms with Crippen LogP contribution in [-0.2, 0) is 9.59 Å². The Kier molecular flexibility index (Phi) is 7.10. The summed E-state index contributed by atoms with van der Waals surface area (Å²) in [6, 6.07) is 6.63. The molecule has 2 aromatic carbocycles. The lowest BCUT2D eigenvalue weighted by Gasteiger charge is -2.26. The number of nitrogens with one attached hydrogen (secondary N) is 1. The minimum absolute atomic E-state index is 0.0500. The number of carbonyl (C=O) groups excluding carboxylic acids is 3. The number of imide groups is 2. The lowest BCUT2D eigenvalue weighted by atomic mass is 10.1. The highest BCUT2D eigenvalue weighted by atomic mass is 127. The SMILES string of the molecule is C#CCOc1c(I)cc(/C=C2\C(=O)NC(=O)N(c3ccc(Cl)c(Cl)c3)C2=O)cc1OC. The molecule has 1 saturated heterocycles. The first-order valence-electron chi connectivity index (χ1n) is 8.57. The molecule has 0 unspecified atom stereocenters. The average Bonchev–Trinajstić information content (AvgIpc) is 2.72. The van der Waals surface area contributed by atoms with Gasteiger partial charge in [-0.15, -0.1) is 6.42 Å². The predicted molar refractivity (Wildman–Crippen MR) is 126 cm³/mol. The number of carbonyl (C=O) groups is 3. The second-order valence-electron chi connectivity index (χ2n) is 6.08. The molecule has 31 heavy (non-hydrogen) atoms. The number of anilines is 1. The summed E-state index contributed by atoms with van der Waals surface area (Å²) in [5.74, 6) is 1.55. The van der Waals surface area contributed by atoms with E-state index in [9.17, 15) is 14.4 Å². The fourth-order valence-electron chi connectivity index (χ4n) is 2.76. The molecule has 1 aliphatic rings. The number of rotatable bonds is 5. The van der Waals surface area contributed by atoms with Crippen molar-refractivity contribution < 1.29 is 23.9 Å². The van der Waals surface area contributed by atoms with Gasteiger partial charge in [-0.05, 0) is 64.6 Å². The minimum Gasteiger partial charge on any atom is -0.493 e. The van der Waals surface area contributed by atoms with E-state index in [1.54, 1.807) is 12.1 Å². The molecular weight excluding hydrogens is 558 g/mol. The molecule has 0 atom stereocenters. The first kappa shape index (κ1) is 22.9. The van der Waals surface area contributed by atoms with Crippen molar-refractivity contribution in [3.63, 3.8) is 0 Å². The summed E-state index contributed by atoms with van der Waals surface area (Å²) in [6.45, 7) is 0.0500. The molecule has 3 rings (SSSR count). The van der Waals surface area contributed by atoms with E-state index in [-0.39, 0.29) is 27.9 Å². The minimum atomic E-state index is -0.893. The monoisotopic (exact) mass is 570 g/mol. The third-order valence-electron chi connectivity index (χ3n) is 4.13. The summed E-state index contributed by atoms with van der Waals surface area (Å²) >= 11 is 13.9. The molecular formula is C21H13Cl2IN2O5. The Hall–Kier alpha value is -2.74. The van der Waals surface area contributed by atoms with Gasteiger partial charge in [0.15, 0.2) is 11.5 Å². The van der Waals surface area contributed by atoms with Crippen molar-refractivity contribution in [1.29, 1.82) is 0 Å². The number of ether oxygens (including phenoxy) is 2. The lowest BCUT2D eigenvalue weighted by Crippen LogP contribution is -2.54. The van der Waals surface area contributed by atoms with Gasteiger partial charge in [-0.1, -0.05) is 29.1 Å². The molecule has 1 heterocycles. The van der Waals surface area contributed by atoms with Gasteiger partial charge in [0.1, 0.15) is 12.2 Å². The van der Waals surface area contributed by atoms with E-state index in [1.165, 1.54) is 31.4 Å². The quantitative estimate of drug-likeness (QED) is 0.251. The molecule has 7 nitrogen and oxygen atoms in total. The van der Waals surface area contributed by atoms with Crippen LogP contribution in [0.15, 0.2) is 35.9 Å². The Labute approximate surface area is 201 Å². The van der Waals surface area contributed by atoms with Crippen molar-refractivity contribution in [2.24, 2.45) is 0 Å². The summed E-state index contributed by atoms with van der Waals surface area (Å²) in [6.07, 6.45) is 6.59. The second kappa shape index (κ2) is 9.60. The van der Waals surface area contributed by atoms with Gasteiger partial charge in [0, 0.05) is 0 Å². The van der Waals surface area contributed by atoms with E-state index in [0.717, 1.165) is 4.90 Å². The molecule has 0 bridgehead atoms. The Morgan fingerprint density at radius 2 is 1.94 bits per heavy atom. The normalized spacial score (nSPS) is 15.0. The van der Waals surface area contributed by atoms with Crippen LogP contribution in [0.1, 0.15) is 5.56 Å². The number of hydrogen-bond donors (Lipinski definition) is 1. The van der Waals surface area contributed by atoms with Gasteiger partial charge in [-0.2, -0.15) is 0 Å². The fraction of sp³-hybridized carbons (Fsp3) is 0.0952. The van der Waals surface area contributed by atoms with E-state index < -0.39 is 17.8 Å². The lowest BCUT2D eigenvalue weighted by molar-refractivity contribution is -0.122. The molecule has 1 aliphatic heterocycles. The third-order valence-corrected chi connectivity index (χ3v) is 5.67. The Morgan fingerprint density at radius 3 is 2.58 bits per heavy atom. The first-order chi connectivity index (χ1) is 14.8. The standard InChI is InChI=1S/C21H13Cl2IN2O5/c1-3-6-31-18-16(24)8-11(9-17(18)30-2)7-13-19(27)25-21(29)26(20(13)28)12-4-5-14(22)15(23)10-12/h1,4-5,7-10H,6H2,2H3,(H,25,27,29)/b13-7+. The van der Waals surface area contributed by atoms with Crippen molar-refractivity contribution >= 4 is 75.4 Å². The molecule has 2 aromatic rings. The topological polar surface area (TPSA) is 84.9 Å². The number of nitrogens with zero attached hydrogens (tertiary/aromatic N) is 1. The molecule has 1 N–H and O–H groups in total. The maximum atomic E-state index is 13.0. The average molecular weight is 571 g/mol. The van der Waals surface area contributed by atoms with Gasteiger partial charge in [0.2, 0.25) is 0 Å². The number of barbiturate groups is 1. The number of hydrogen-bond acceptors (Lipinski definition) is 5. The van der Waals surface area contributed by atoms with Crippen LogP contribution in [0, 0.1) is 15.9 Å². The van der Waals surface area contributed by atoms with Crippen LogP contribution >= 0.6 is 45.8 Å². The number of urea groups is 1. The summed E-state index contributed by atoms with van der Waals surface area (Å²) in [5, 5.41) is 2.56. The molecule has 0 aromatic heterocycles. The van der Waals surface area contributed by atoms with Crippen molar-refractivity contribution in [3.8, 4) is 23.8 Å². The number of benzene rings is 2. The van der Waals surface area contributed by atoms with Crippen LogP contribution in [0.25, 0.3) is 6.08 Å². The third kappa shape index (κ3) is 4.79. The largest absolute Gasteiger partial charge is 0.493 e. The van der Waals surface area contributed by atoms with E-state index in [2.05, 4.69) is 11.2 Å². The van der Waals surface area contributed by atoms with E-state index in [0.29, 0.717) is 20.6 Å². The predicted octanol–water partition coefficient (Wildman–Crippen LogP) is 4.29. The zero-order valence-corrected chi connectivity index (χ0v) is 19.5. The molecule has 0 radical (unpaired) electrons. The number of halogens is 3. The molecule has 1 fully saturated rings. The van der Waals surface area contributed by atoms with Crippen LogP contribution in [0.4, 0.5) is 10.5 Å². The Bertz CT molecular complexity index is 1170. The highest BCUT2D eigenvalue weighted by Crippen LogP contribution is 2.35. The highest BCUT2D eigenvalue weighted by molar-refractivity contribution is 14.1. The van der Waals surface area contributed by atoms with E-state index in [1.807, 2.05) is 22.6 Å². The molecule has 4 amide bonds. The van der Waals surface area contributed by atoms with Gasteiger partial charge >= 0.3 is 6.03 Å². The fourth-order valence-corrected chi connectivity index (χ4v) is 3.83. The number of terminal acetylenes is 1. The van der Waals surface area contributed by atoms with Crippen molar-refractivity contribution in [2.75, 3.05) is 18.6 Å². The van der Waals surface area contributed by atoms with E-state index in [4.69, 9.17) is 39.1 Å². The maximum absolute atomic E-state index is 13.0. The zero-order chi connectivity index (χ0) is 22.7. The first-order valence-corrected chi connectivity index (χ1v) is 10.4. The van der Waals surface area contributed by atoms with Crippen LogP contribution < -0.4 is 19.7 Å². The molecule has 0 spiro atoms. The van der Waals surface area contributed by atoms with Crippen LogP contribution in [0.2, 0.25) is 10.0 Å². The van der Waals surface area contributed by atoms with Gasteiger partial charge in [0.25, 0.3) is 11.8 Å². The summed E-state index contributed by atoms with van der Waals surface area (Å²) in [7, 11) is 1.45. The maximum Gasteiger partial charge on any atom is 0.335 e. The Morgan fingerprint density at radius 1 is 1.19 bits per heavy atom. The summed E-state index contributed by atoms with van der Waals surface area (Å²) in [5.41, 5.74) is 0.401. The molecule has 0 saturated carbocycles. The zero-order valence-electron chi connectivity index (χ0n) is 15.9. The summed E-state index contributed by atoms with van der Waals surface area (Å²) < 4.78 is 11.5. The van der Waals surface area contributed by atoms with Crippen LogP contribution in [-0.4, -0.2) is 31.6 Å². The van der Waals surface area contributed by atoms with Crippen LogP contribution in [0.3, 0.4) is 0 Å². The van der Waals surface area contributed by atoms with Crippen molar-refractivity contribution in [2.45, 2.75) is 0 Å².